The summed E-state index contributed by atoms with van der Waals surface area (Å²) in [5, 5.41) is 0. The minimum atomic E-state index is -3.56. The number of fused-ring (bicyclic) bond motifs is 1. The van der Waals surface area contributed by atoms with Gasteiger partial charge in [0.15, 0.2) is 0 Å². The smallest absolute Gasteiger partial charge is 0.261 e. The fraction of sp³-hybridized carbons (Fsp3) is 0.500. The molecule has 4 nitrogen and oxygen atoms in total. The molecule has 0 spiro atoms. The maximum absolute atomic E-state index is 12.7. The molecule has 2 aromatic carbocycles. The van der Waals surface area contributed by atoms with Crippen molar-refractivity contribution in [2.24, 2.45) is 11.8 Å². The number of hydrogen-bond donors (Lipinski definition) is 1. The molecule has 5 heteroatoms. The molecule has 0 amide bonds. The van der Waals surface area contributed by atoms with E-state index in [-0.39, 0.29) is 0 Å². The first-order valence-electron chi connectivity index (χ1n) is 10.8. The van der Waals surface area contributed by atoms with Gasteiger partial charge in [-0.3, -0.25) is 4.72 Å². The third-order valence-electron chi connectivity index (χ3n) is 6.63. The van der Waals surface area contributed by atoms with E-state index in [9.17, 15) is 8.42 Å². The van der Waals surface area contributed by atoms with Gasteiger partial charge < -0.3 is 4.90 Å². The van der Waals surface area contributed by atoms with Crippen LogP contribution in [0.15, 0.2) is 53.4 Å². The van der Waals surface area contributed by atoms with Crippen LogP contribution < -0.4 is 4.72 Å². The summed E-state index contributed by atoms with van der Waals surface area (Å²) >= 11 is 0. The molecule has 2 fully saturated rings. The minimum Gasteiger partial charge on any atom is -0.303 e. The van der Waals surface area contributed by atoms with E-state index in [1.165, 1.54) is 38.0 Å². The van der Waals surface area contributed by atoms with Crippen LogP contribution >= 0.6 is 0 Å². The topological polar surface area (TPSA) is 49.4 Å². The molecule has 29 heavy (non-hydrogen) atoms. The average Bonchev–Trinajstić information content (AvgIpc) is 2.99. The van der Waals surface area contributed by atoms with Crippen LogP contribution in [0, 0.1) is 11.8 Å². The van der Waals surface area contributed by atoms with Crippen LogP contribution in [0.5, 0.6) is 0 Å². The lowest BCUT2D eigenvalue weighted by molar-refractivity contribution is 0.191. The van der Waals surface area contributed by atoms with E-state index in [4.69, 9.17) is 0 Å². The van der Waals surface area contributed by atoms with E-state index in [1.807, 2.05) is 24.3 Å². The van der Waals surface area contributed by atoms with E-state index >= 15 is 0 Å². The first-order chi connectivity index (χ1) is 13.9. The van der Waals surface area contributed by atoms with E-state index in [1.54, 1.807) is 12.1 Å². The maximum Gasteiger partial charge on any atom is 0.261 e. The summed E-state index contributed by atoms with van der Waals surface area (Å²) in [7, 11) is -3.56. The van der Waals surface area contributed by atoms with Gasteiger partial charge in [0.2, 0.25) is 0 Å². The first-order valence-corrected chi connectivity index (χ1v) is 12.3. The second kappa shape index (κ2) is 8.11. The molecule has 2 aromatic rings. The Bertz CT molecular complexity index is 936. The number of hydrogen-bond acceptors (Lipinski definition) is 3. The fourth-order valence-electron chi connectivity index (χ4n) is 4.93. The molecule has 1 N–H and O–H groups in total. The Morgan fingerprint density at radius 2 is 1.72 bits per heavy atom. The van der Waals surface area contributed by atoms with Crippen LogP contribution in [0.25, 0.3) is 0 Å². The van der Waals surface area contributed by atoms with Crippen LogP contribution in [0.4, 0.5) is 5.69 Å². The molecule has 3 atom stereocenters. The van der Waals surface area contributed by atoms with Crippen LogP contribution in [0.3, 0.4) is 0 Å². The van der Waals surface area contributed by atoms with Crippen LogP contribution in [0.1, 0.15) is 56.6 Å². The Hall–Kier alpha value is -1.85. The van der Waals surface area contributed by atoms with Crippen molar-refractivity contribution in [1.82, 2.24) is 4.90 Å². The summed E-state index contributed by atoms with van der Waals surface area (Å²) < 4.78 is 28.1. The van der Waals surface area contributed by atoms with E-state index in [0.717, 1.165) is 17.4 Å². The van der Waals surface area contributed by atoms with E-state index in [0.29, 0.717) is 22.4 Å². The quantitative estimate of drug-likeness (QED) is 0.692. The van der Waals surface area contributed by atoms with Crippen LogP contribution in [0.2, 0.25) is 0 Å². The highest BCUT2D eigenvalue weighted by molar-refractivity contribution is 7.92. The lowest BCUT2D eigenvalue weighted by Crippen LogP contribution is -2.33. The lowest BCUT2D eigenvalue weighted by atomic mass is 9.64. The average molecular weight is 413 g/mol. The SMILES string of the molecule is CCCN1C[C@@H]2C[C@@H](c3ccc(NS(=O)(=O)c4ccc(C(C)C)cc4)cc3)[C@@H]2C1. The largest absolute Gasteiger partial charge is 0.303 e. The predicted molar refractivity (Wildman–Crippen MR) is 119 cm³/mol. The van der Waals surface area contributed by atoms with Crippen molar-refractivity contribution in [2.45, 2.75) is 50.3 Å². The van der Waals surface area contributed by atoms with Gasteiger partial charge in [0, 0.05) is 18.8 Å². The van der Waals surface area contributed by atoms with Crippen LogP contribution in [-0.2, 0) is 10.0 Å². The predicted octanol–water partition coefficient (Wildman–Crippen LogP) is 5.06. The summed E-state index contributed by atoms with van der Waals surface area (Å²) in [6, 6.07) is 15.2. The number of benzene rings is 2. The Kier molecular flexibility index (Phi) is 5.71. The van der Waals surface area contributed by atoms with Crippen LogP contribution in [-0.4, -0.2) is 33.0 Å². The number of sulfonamides is 1. The van der Waals surface area contributed by atoms with Gasteiger partial charge in [0.25, 0.3) is 10.0 Å². The number of nitrogens with zero attached hydrogens (tertiary/aromatic N) is 1. The van der Waals surface area contributed by atoms with Gasteiger partial charge in [-0.15, -0.1) is 0 Å². The molecule has 0 bridgehead atoms. The van der Waals surface area contributed by atoms with Gasteiger partial charge in [0.1, 0.15) is 0 Å². The molecule has 1 heterocycles. The summed E-state index contributed by atoms with van der Waals surface area (Å²) in [5.41, 5.74) is 3.10. The molecular formula is C24H32N2O2S. The zero-order valence-corrected chi connectivity index (χ0v) is 18.5. The summed E-state index contributed by atoms with van der Waals surface area (Å²) in [6.45, 7) is 10.1. The second-order valence-corrected chi connectivity index (χ2v) is 10.7. The molecule has 1 aliphatic heterocycles. The molecule has 4 rings (SSSR count). The summed E-state index contributed by atoms with van der Waals surface area (Å²) in [4.78, 5) is 2.90. The Labute approximate surface area is 175 Å². The van der Waals surface area contributed by atoms with E-state index in [2.05, 4.69) is 42.5 Å². The van der Waals surface area contributed by atoms with Gasteiger partial charge in [0.05, 0.1) is 4.90 Å². The number of anilines is 1. The van der Waals surface area contributed by atoms with Gasteiger partial charge in [-0.05, 0) is 78.5 Å². The van der Waals surface area contributed by atoms with Gasteiger partial charge in [-0.2, -0.15) is 0 Å². The third kappa shape index (κ3) is 4.22. The molecule has 0 aromatic heterocycles. The van der Waals surface area contributed by atoms with Crippen molar-refractivity contribution in [3.63, 3.8) is 0 Å². The highest BCUT2D eigenvalue weighted by Crippen LogP contribution is 2.51. The molecular weight excluding hydrogens is 380 g/mol. The Morgan fingerprint density at radius 1 is 1.03 bits per heavy atom. The van der Waals surface area contributed by atoms with Crippen molar-refractivity contribution < 1.29 is 8.42 Å². The maximum atomic E-state index is 12.7. The van der Waals surface area contributed by atoms with Gasteiger partial charge in [-0.1, -0.05) is 45.0 Å². The summed E-state index contributed by atoms with van der Waals surface area (Å²) in [6.07, 6.45) is 2.48. The molecule has 1 saturated heterocycles. The van der Waals surface area contributed by atoms with Gasteiger partial charge in [-0.25, -0.2) is 8.42 Å². The molecule has 0 radical (unpaired) electrons. The minimum absolute atomic E-state index is 0.301. The highest BCUT2D eigenvalue weighted by Gasteiger charge is 2.46. The second-order valence-electron chi connectivity index (χ2n) is 8.98. The molecule has 156 valence electrons. The van der Waals surface area contributed by atoms with E-state index < -0.39 is 10.0 Å². The molecule has 0 unspecified atom stereocenters. The normalized spacial score (nSPS) is 24.3. The molecule has 1 aliphatic carbocycles. The Balaban J connectivity index is 1.41. The van der Waals surface area contributed by atoms with Gasteiger partial charge >= 0.3 is 0 Å². The number of likely N-dealkylation sites (tertiary alicyclic amines) is 1. The van der Waals surface area contributed by atoms with Crippen molar-refractivity contribution in [2.75, 3.05) is 24.4 Å². The molecule has 1 saturated carbocycles. The third-order valence-corrected chi connectivity index (χ3v) is 8.03. The Morgan fingerprint density at radius 3 is 2.34 bits per heavy atom. The first kappa shape index (κ1) is 20.4. The zero-order chi connectivity index (χ0) is 20.6. The lowest BCUT2D eigenvalue weighted by Gasteiger charge is -2.40. The van der Waals surface area contributed by atoms with Crippen molar-refractivity contribution >= 4 is 15.7 Å². The molecule has 2 aliphatic rings. The summed E-state index contributed by atoms with van der Waals surface area (Å²) in [5.74, 6) is 2.62. The highest BCUT2D eigenvalue weighted by atomic mass is 32.2. The monoisotopic (exact) mass is 412 g/mol. The zero-order valence-electron chi connectivity index (χ0n) is 17.6. The standard InChI is InChI=1S/C24H32N2O2S/c1-4-13-26-15-20-14-23(24(20)16-26)19-5-9-21(10-6-19)25-29(27,28)22-11-7-18(8-12-22)17(2)3/h5-12,17,20,23-25H,4,13-16H2,1-3H3/t20-,23-,24+/m0/s1. The van der Waals surface area contributed by atoms with Crippen molar-refractivity contribution in [3.8, 4) is 0 Å². The van der Waals surface area contributed by atoms with Crippen molar-refractivity contribution in [3.05, 3.63) is 59.7 Å². The number of nitrogens with one attached hydrogen (secondary N) is 1. The number of rotatable bonds is 7. The van der Waals surface area contributed by atoms with Crippen molar-refractivity contribution in [1.29, 1.82) is 0 Å². The fourth-order valence-corrected chi connectivity index (χ4v) is 5.98.